The summed E-state index contributed by atoms with van der Waals surface area (Å²) < 4.78 is 14.8. The zero-order chi connectivity index (χ0) is 8.48. The Balaban J connectivity index is 2.73. The van der Waals surface area contributed by atoms with Crippen molar-refractivity contribution in [1.29, 1.82) is 0 Å². The summed E-state index contributed by atoms with van der Waals surface area (Å²) in [6, 6.07) is 0. The lowest BCUT2D eigenvalue weighted by Crippen LogP contribution is -1.91. The maximum Gasteiger partial charge on any atom is 0.526 e. The highest BCUT2D eigenvalue weighted by Gasteiger charge is 2.17. The number of phosphoric acid groups is 1. The maximum atomic E-state index is 10.2. The van der Waals surface area contributed by atoms with Gasteiger partial charge in [-0.1, -0.05) is 9.41 Å². The van der Waals surface area contributed by atoms with E-state index in [9.17, 15) is 4.57 Å². The molecule has 0 fully saturated rings. The highest BCUT2D eigenvalue weighted by Crippen LogP contribution is 2.35. The molecule has 1 heterocycles. The fourth-order valence-electron chi connectivity index (χ4n) is 0.394. The molecule has 0 spiro atoms. The van der Waals surface area contributed by atoms with E-state index in [-0.39, 0.29) is 5.88 Å². The van der Waals surface area contributed by atoms with Crippen molar-refractivity contribution in [3.8, 4) is 5.88 Å². The molecule has 0 saturated heterocycles. The zero-order valence-electron chi connectivity index (χ0n) is 4.96. The smallest absolute Gasteiger partial charge is 0.382 e. The van der Waals surface area contributed by atoms with Crippen molar-refractivity contribution in [2.45, 2.75) is 0 Å². The fraction of sp³-hybridized carbons (Fsp3) is 0. The minimum atomic E-state index is -4.55. The van der Waals surface area contributed by atoms with Crippen LogP contribution in [0.1, 0.15) is 0 Å². The van der Waals surface area contributed by atoms with Gasteiger partial charge < -0.3 is 4.52 Å². The van der Waals surface area contributed by atoms with Gasteiger partial charge in [-0.15, -0.1) is 5.10 Å². The first-order chi connectivity index (χ1) is 4.97. The molecule has 1 rings (SSSR count). The van der Waals surface area contributed by atoms with Crippen LogP contribution in [0.25, 0.3) is 0 Å². The molecule has 11 heavy (non-hydrogen) atoms. The van der Waals surface area contributed by atoms with Gasteiger partial charge in [0.05, 0.1) is 11.8 Å². The van der Waals surface area contributed by atoms with E-state index in [0.29, 0.717) is 4.32 Å². The molecule has 0 saturated carbocycles. The van der Waals surface area contributed by atoms with E-state index in [4.69, 9.17) is 21.6 Å². The Kier molecular flexibility index (Phi) is 2.15. The SMILES string of the molecule is O=P(O)(O)Oc1cnn(Cl)n1. The first-order valence-electron chi connectivity index (χ1n) is 2.31. The Morgan fingerprint density at radius 3 is 2.73 bits per heavy atom. The van der Waals surface area contributed by atoms with E-state index in [0.717, 1.165) is 6.20 Å². The zero-order valence-corrected chi connectivity index (χ0v) is 6.61. The van der Waals surface area contributed by atoms with Crippen molar-refractivity contribution in [3.05, 3.63) is 6.20 Å². The Bertz CT molecular complexity index is 293. The number of hydrogen-bond donors (Lipinski definition) is 2. The molecule has 0 radical (unpaired) electrons. The summed E-state index contributed by atoms with van der Waals surface area (Å²) in [5, 5.41) is 6.56. The van der Waals surface area contributed by atoms with Gasteiger partial charge in [0, 0.05) is 0 Å². The quantitative estimate of drug-likeness (QED) is 0.638. The van der Waals surface area contributed by atoms with Crippen LogP contribution in [-0.4, -0.2) is 24.3 Å². The van der Waals surface area contributed by atoms with Crippen molar-refractivity contribution in [3.63, 3.8) is 0 Å². The standard InChI is InChI=1S/C2H3ClN3O4P/c3-6-4-1-2(5-6)10-11(7,8)9/h1H,(H2,7,8,9). The lowest BCUT2D eigenvalue weighted by Gasteiger charge is -1.99. The van der Waals surface area contributed by atoms with E-state index in [2.05, 4.69) is 14.7 Å². The van der Waals surface area contributed by atoms with Crippen molar-refractivity contribution in [2.24, 2.45) is 0 Å². The molecular formula is C2H3ClN3O4P. The van der Waals surface area contributed by atoms with Crippen molar-refractivity contribution < 1.29 is 18.9 Å². The molecule has 62 valence electrons. The summed E-state index contributed by atoms with van der Waals surface area (Å²) in [6.07, 6.45) is 0.978. The minimum absolute atomic E-state index is 0.326. The first-order valence-corrected chi connectivity index (χ1v) is 4.18. The van der Waals surface area contributed by atoms with E-state index in [1.165, 1.54) is 0 Å². The van der Waals surface area contributed by atoms with Gasteiger partial charge in [0.1, 0.15) is 6.20 Å². The van der Waals surface area contributed by atoms with E-state index in [1.807, 2.05) is 0 Å². The Morgan fingerprint density at radius 2 is 2.36 bits per heavy atom. The van der Waals surface area contributed by atoms with Gasteiger partial charge in [-0.05, 0) is 0 Å². The van der Waals surface area contributed by atoms with Gasteiger partial charge in [0.15, 0.2) is 0 Å². The molecular weight excluding hydrogens is 196 g/mol. The molecule has 0 aliphatic rings. The highest BCUT2D eigenvalue weighted by atomic mass is 35.5. The molecule has 1 aromatic rings. The van der Waals surface area contributed by atoms with Crippen LogP contribution in [0.2, 0.25) is 0 Å². The van der Waals surface area contributed by atoms with Crippen LogP contribution >= 0.6 is 19.6 Å². The van der Waals surface area contributed by atoms with Gasteiger partial charge >= 0.3 is 7.82 Å². The molecule has 0 aromatic carbocycles. The predicted octanol–water partition coefficient (Wildman–Crippen LogP) is -0.249. The molecule has 0 amide bonds. The molecule has 7 nitrogen and oxygen atoms in total. The van der Waals surface area contributed by atoms with Crippen molar-refractivity contribution >= 4 is 19.6 Å². The van der Waals surface area contributed by atoms with E-state index in [1.54, 1.807) is 0 Å². The second-order valence-electron chi connectivity index (χ2n) is 1.51. The molecule has 0 aliphatic heterocycles. The van der Waals surface area contributed by atoms with Gasteiger partial charge in [-0.2, -0.15) is 0 Å². The fourth-order valence-corrected chi connectivity index (χ4v) is 0.839. The lowest BCUT2D eigenvalue weighted by molar-refractivity contribution is 0.279. The summed E-state index contributed by atoms with van der Waals surface area (Å²) in [5.74, 6) is -0.326. The van der Waals surface area contributed by atoms with Crippen molar-refractivity contribution in [2.75, 3.05) is 0 Å². The molecule has 0 bridgehead atoms. The van der Waals surface area contributed by atoms with Crippen LogP contribution in [0.3, 0.4) is 0 Å². The monoisotopic (exact) mass is 199 g/mol. The predicted molar refractivity (Wildman–Crippen MR) is 33.9 cm³/mol. The molecule has 0 atom stereocenters. The summed E-state index contributed by atoms with van der Waals surface area (Å²) in [6.45, 7) is 0. The molecule has 0 unspecified atom stereocenters. The topological polar surface area (TPSA) is 97.5 Å². The number of nitrogens with zero attached hydrogens (tertiary/aromatic N) is 3. The van der Waals surface area contributed by atoms with Crippen LogP contribution in [0.4, 0.5) is 0 Å². The third-order valence-electron chi connectivity index (χ3n) is 0.657. The van der Waals surface area contributed by atoms with Gasteiger partial charge in [0.2, 0.25) is 0 Å². The van der Waals surface area contributed by atoms with Crippen LogP contribution in [0, 0.1) is 0 Å². The van der Waals surface area contributed by atoms with Crippen LogP contribution < -0.4 is 4.52 Å². The largest absolute Gasteiger partial charge is 0.526 e. The highest BCUT2D eigenvalue weighted by molar-refractivity contribution is 7.46. The Hall–Kier alpha value is -0.620. The molecule has 1 aromatic heterocycles. The maximum absolute atomic E-state index is 10.2. The minimum Gasteiger partial charge on any atom is -0.382 e. The number of rotatable bonds is 2. The number of aromatic nitrogens is 3. The first kappa shape index (κ1) is 8.48. The van der Waals surface area contributed by atoms with Crippen LogP contribution in [-0.2, 0) is 4.57 Å². The Labute approximate surface area is 65.9 Å². The number of halogens is 1. The van der Waals surface area contributed by atoms with Crippen LogP contribution in [0.15, 0.2) is 6.20 Å². The summed E-state index contributed by atoms with van der Waals surface area (Å²) in [7, 11) is -4.55. The normalized spacial score (nSPS) is 11.5. The third-order valence-corrected chi connectivity index (χ3v) is 1.24. The molecule has 2 N–H and O–H groups in total. The van der Waals surface area contributed by atoms with Gasteiger partial charge in [-0.3, -0.25) is 9.79 Å². The average molecular weight is 199 g/mol. The number of hydrogen-bond acceptors (Lipinski definition) is 4. The van der Waals surface area contributed by atoms with Gasteiger partial charge in [-0.25, -0.2) is 4.57 Å². The molecule has 0 aliphatic carbocycles. The summed E-state index contributed by atoms with van der Waals surface area (Å²) in [5.41, 5.74) is 0. The summed E-state index contributed by atoms with van der Waals surface area (Å²) >= 11 is 5.15. The average Bonchev–Trinajstić information content (AvgIpc) is 2.10. The Morgan fingerprint density at radius 1 is 1.73 bits per heavy atom. The number of phosphoric ester groups is 1. The lowest BCUT2D eigenvalue weighted by atomic mass is 10.9. The van der Waals surface area contributed by atoms with Crippen LogP contribution in [0.5, 0.6) is 5.88 Å². The van der Waals surface area contributed by atoms with E-state index < -0.39 is 7.82 Å². The third kappa shape index (κ3) is 2.85. The van der Waals surface area contributed by atoms with E-state index >= 15 is 0 Å². The second kappa shape index (κ2) is 2.78. The molecule has 9 heteroatoms. The van der Waals surface area contributed by atoms with Crippen molar-refractivity contribution in [1.82, 2.24) is 14.5 Å². The van der Waals surface area contributed by atoms with Gasteiger partial charge in [0.25, 0.3) is 5.88 Å². The summed E-state index contributed by atoms with van der Waals surface area (Å²) in [4.78, 5) is 16.5. The second-order valence-corrected chi connectivity index (χ2v) is 2.97.